The first-order valence-electron chi connectivity index (χ1n) is 11.5. The second kappa shape index (κ2) is 10.5. The monoisotopic (exact) mass is 432 g/mol. The molecule has 0 fully saturated rings. The van der Waals surface area contributed by atoms with E-state index in [1.165, 1.54) is 29.5 Å². The summed E-state index contributed by atoms with van der Waals surface area (Å²) in [6.45, 7) is 3.09. The van der Waals surface area contributed by atoms with Gasteiger partial charge in [0.1, 0.15) is 11.3 Å². The van der Waals surface area contributed by atoms with Gasteiger partial charge in [0.25, 0.3) is 0 Å². The summed E-state index contributed by atoms with van der Waals surface area (Å²) in [6, 6.07) is 15.0. The molecule has 0 radical (unpaired) electrons. The summed E-state index contributed by atoms with van der Waals surface area (Å²) in [4.78, 5) is 15.5. The maximum atomic E-state index is 12.2. The molecule has 5 nitrogen and oxygen atoms in total. The highest BCUT2D eigenvalue weighted by Gasteiger charge is 2.18. The van der Waals surface area contributed by atoms with Crippen LogP contribution < -0.4 is 10.1 Å². The summed E-state index contributed by atoms with van der Waals surface area (Å²) < 4.78 is 10.6. The molecule has 1 aromatic heterocycles. The minimum atomic E-state index is -0.355. The molecule has 1 unspecified atom stereocenters. The predicted molar refractivity (Wildman–Crippen MR) is 129 cm³/mol. The Labute approximate surface area is 189 Å². The van der Waals surface area contributed by atoms with Gasteiger partial charge in [-0.2, -0.15) is 0 Å². The number of aromatic amines is 1. The molecule has 168 valence electrons. The van der Waals surface area contributed by atoms with Gasteiger partial charge in [0, 0.05) is 29.7 Å². The number of hydrogen-bond acceptors (Lipinski definition) is 4. The number of ether oxygens (including phenoxy) is 2. The highest BCUT2D eigenvalue weighted by atomic mass is 16.5. The Morgan fingerprint density at radius 2 is 2.00 bits per heavy atom. The zero-order valence-electron chi connectivity index (χ0n) is 18.9. The van der Waals surface area contributed by atoms with Crippen molar-refractivity contribution in [3.05, 3.63) is 71.4 Å². The van der Waals surface area contributed by atoms with E-state index in [1.54, 1.807) is 14.0 Å². The molecule has 2 aromatic carbocycles. The van der Waals surface area contributed by atoms with Crippen LogP contribution in [0, 0.1) is 0 Å². The van der Waals surface area contributed by atoms with Crippen LogP contribution >= 0.6 is 0 Å². The van der Waals surface area contributed by atoms with Crippen LogP contribution in [-0.2, 0) is 11.2 Å². The van der Waals surface area contributed by atoms with Crippen molar-refractivity contribution in [1.29, 1.82) is 0 Å². The Hall–Kier alpha value is -3.05. The first-order valence-corrected chi connectivity index (χ1v) is 11.5. The van der Waals surface area contributed by atoms with Crippen molar-refractivity contribution in [3.8, 4) is 5.75 Å². The molecule has 0 saturated carbocycles. The van der Waals surface area contributed by atoms with Crippen LogP contribution in [0.2, 0.25) is 0 Å². The molecule has 0 bridgehead atoms. The van der Waals surface area contributed by atoms with E-state index in [1.807, 2.05) is 18.3 Å². The fourth-order valence-electron chi connectivity index (χ4n) is 4.52. The molecule has 0 aliphatic carbocycles. The van der Waals surface area contributed by atoms with Crippen molar-refractivity contribution in [3.63, 3.8) is 0 Å². The first-order chi connectivity index (χ1) is 15.7. The highest BCUT2D eigenvalue weighted by Crippen LogP contribution is 2.30. The Kier molecular flexibility index (Phi) is 7.28. The van der Waals surface area contributed by atoms with Crippen molar-refractivity contribution in [2.24, 2.45) is 0 Å². The number of aromatic nitrogens is 1. The van der Waals surface area contributed by atoms with E-state index in [9.17, 15) is 4.79 Å². The van der Waals surface area contributed by atoms with E-state index < -0.39 is 0 Å². The number of benzene rings is 2. The number of carbonyl (C=O) groups is 1. The summed E-state index contributed by atoms with van der Waals surface area (Å²) in [5, 5.41) is 4.75. The Morgan fingerprint density at radius 1 is 1.16 bits per heavy atom. The molecule has 4 rings (SSSR count). The fourth-order valence-corrected chi connectivity index (χ4v) is 4.52. The zero-order chi connectivity index (χ0) is 22.3. The number of fused-ring (bicyclic) bond motifs is 1. The average molecular weight is 433 g/mol. The number of aryl methyl sites for hydroxylation is 1. The lowest BCUT2D eigenvalue weighted by molar-refractivity contribution is 0.0523. The third kappa shape index (κ3) is 5.05. The van der Waals surface area contributed by atoms with Crippen molar-refractivity contribution < 1.29 is 14.3 Å². The Balaban J connectivity index is 1.34. The van der Waals surface area contributed by atoms with Gasteiger partial charge in [0.15, 0.2) is 0 Å². The minimum absolute atomic E-state index is 0.342. The molecule has 5 heteroatoms. The molecular weight excluding hydrogens is 400 g/mol. The molecule has 0 amide bonds. The maximum Gasteiger partial charge on any atom is 0.341 e. The largest absolute Gasteiger partial charge is 0.496 e. The minimum Gasteiger partial charge on any atom is -0.496 e. The van der Waals surface area contributed by atoms with Gasteiger partial charge in [-0.1, -0.05) is 42.8 Å². The van der Waals surface area contributed by atoms with E-state index in [0.29, 0.717) is 24.0 Å². The summed E-state index contributed by atoms with van der Waals surface area (Å²) in [5.74, 6) is 0.203. The quantitative estimate of drug-likeness (QED) is 0.346. The predicted octanol–water partition coefficient (Wildman–Crippen LogP) is 5.51. The molecule has 32 heavy (non-hydrogen) atoms. The lowest BCUT2D eigenvalue weighted by Gasteiger charge is -2.24. The Morgan fingerprint density at radius 3 is 2.78 bits per heavy atom. The van der Waals surface area contributed by atoms with Crippen LogP contribution in [0.4, 0.5) is 0 Å². The molecule has 1 aliphatic rings. The number of nitrogens with one attached hydrogen (secondary N) is 2. The Bertz CT molecular complexity index is 1080. The average Bonchev–Trinajstić information content (AvgIpc) is 3.23. The number of rotatable bonds is 9. The molecule has 2 N–H and O–H groups in total. The summed E-state index contributed by atoms with van der Waals surface area (Å²) in [5.41, 5.74) is 5.45. The maximum absolute atomic E-state index is 12.2. The second-order valence-electron chi connectivity index (χ2n) is 8.28. The molecule has 3 aromatic rings. The number of hydrogen-bond donors (Lipinski definition) is 2. The summed E-state index contributed by atoms with van der Waals surface area (Å²) >= 11 is 0. The van der Waals surface area contributed by atoms with Crippen molar-refractivity contribution >= 4 is 22.4 Å². The number of H-pyrrole nitrogens is 1. The van der Waals surface area contributed by atoms with E-state index in [4.69, 9.17) is 9.47 Å². The number of methoxy groups -OCH3 is 1. The molecule has 0 spiro atoms. The second-order valence-corrected chi connectivity index (χ2v) is 8.28. The highest BCUT2D eigenvalue weighted by molar-refractivity contribution is 5.98. The lowest BCUT2D eigenvalue weighted by Crippen LogP contribution is -2.32. The SMILES string of the molecule is CCOC(=O)c1cc2[nH]cc(CCCCC3CC(c4ccccc4)=CCN3)c2cc1OC. The number of carbonyl (C=O) groups excluding carboxylic acids is 1. The van der Waals surface area contributed by atoms with Gasteiger partial charge in [-0.25, -0.2) is 4.79 Å². The standard InChI is InChI=1S/C27H32N2O3/c1-3-32-27(30)24-16-25-23(17-26(24)31-2)21(18-29-25)11-7-8-12-22-15-20(13-14-28-22)19-9-5-4-6-10-19/h4-6,9-10,13,16-18,22,28-29H,3,7-8,11-12,14-15H2,1-2H3. The van der Waals surface area contributed by atoms with Gasteiger partial charge in [0.05, 0.1) is 13.7 Å². The molecule has 1 atom stereocenters. The van der Waals surface area contributed by atoms with Crippen LogP contribution in [0.15, 0.2) is 54.7 Å². The smallest absolute Gasteiger partial charge is 0.341 e. The van der Waals surface area contributed by atoms with Crippen LogP contribution in [0.5, 0.6) is 5.75 Å². The van der Waals surface area contributed by atoms with E-state index in [0.717, 1.165) is 36.7 Å². The third-order valence-corrected chi connectivity index (χ3v) is 6.20. The van der Waals surface area contributed by atoms with Gasteiger partial charge >= 0.3 is 5.97 Å². The molecular formula is C27H32N2O3. The third-order valence-electron chi connectivity index (χ3n) is 6.20. The summed E-state index contributed by atoms with van der Waals surface area (Å²) in [7, 11) is 1.59. The molecule has 2 heterocycles. The van der Waals surface area contributed by atoms with E-state index in [-0.39, 0.29) is 5.97 Å². The topological polar surface area (TPSA) is 63.4 Å². The molecule has 0 saturated heterocycles. The van der Waals surface area contributed by atoms with Crippen molar-refractivity contribution in [1.82, 2.24) is 10.3 Å². The van der Waals surface area contributed by atoms with Crippen LogP contribution in [0.1, 0.15) is 54.1 Å². The normalized spacial score (nSPS) is 16.1. The van der Waals surface area contributed by atoms with Crippen molar-refractivity contribution in [2.75, 3.05) is 20.3 Å². The lowest BCUT2D eigenvalue weighted by atomic mass is 9.92. The van der Waals surface area contributed by atoms with Gasteiger partial charge in [0.2, 0.25) is 0 Å². The van der Waals surface area contributed by atoms with Gasteiger partial charge in [-0.3, -0.25) is 0 Å². The zero-order valence-corrected chi connectivity index (χ0v) is 18.9. The summed E-state index contributed by atoms with van der Waals surface area (Å²) in [6.07, 6.45) is 9.91. The van der Waals surface area contributed by atoms with Gasteiger partial charge < -0.3 is 19.8 Å². The first kappa shape index (κ1) is 22.2. The van der Waals surface area contributed by atoms with Crippen LogP contribution in [0.3, 0.4) is 0 Å². The fraction of sp³-hybridized carbons (Fsp3) is 0.370. The van der Waals surface area contributed by atoms with Gasteiger partial charge in [-0.15, -0.1) is 0 Å². The van der Waals surface area contributed by atoms with Crippen LogP contribution in [0.25, 0.3) is 16.5 Å². The van der Waals surface area contributed by atoms with Crippen LogP contribution in [-0.4, -0.2) is 37.3 Å². The van der Waals surface area contributed by atoms with E-state index in [2.05, 4.69) is 46.7 Å². The van der Waals surface area contributed by atoms with Gasteiger partial charge in [-0.05, 0) is 61.4 Å². The van der Waals surface area contributed by atoms with Crippen molar-refractivity contribution in [2.45, 2.75) is 45.1 Å². The molecule has 1 aliphatic heterocycles. The number of unbranched alkanes of at least 4 members (excludes halogenated alkanes) is 1. The van der Waals surface area contributed by atoms with E-state index >= 15 is 0 Å². The number of esters is 1.